The number of nitrogens with two attached hydrogens (primary N) is 1. The Morgan fingerprint density at radius 1 is 0.941 bits per heavy atom. The molecule has 2 aromatic rings. The van der Waals surface area contributed by atoms with Gasteiger partial charge in [-0.2, -0.15) is 0 Å². The van der Waals surface area contributed by atoms with Gasteiger partial charge in [-0.05, 0) is 55.9 Å². The van der Waals surface area contributed by atoms with E-state index in [1.165, 1.54) is 9.80 Å². The third-order valence-electron chi connectivity index (χ3n) is 6.57. The van der Waals surface area contributed by atoms with Crippen molar-refractivity contribution in [1.82, 2.24) is 15.1 Å². The molecule has 1 saturated heterocycles. The van der Waals surface area contributed by atoms with E-state index in [-0.39, 0.29) is 36.9 Å². The summed E-state index contributed by atoms with van der Waals surface area (Å²) in [5.74, 6) is -0.498. The Balaban J connectivity index is 1.51. The van der Waals surface area contributed by atoms with Gasteiger partial charge in [-0.1, -0.05) is 42.5 Å². The molecule has 34 heavy (non-hydrogen) atoms. The van der Waals surface area contributed by atoms with E-state index in [0.717, 1.165) is 36.8 Å². The van der Waals surface area contributed by atoms with Crippen molar-refractivity contribution in [3.63, 3.8) is 0 Å². The zero-order valence-corrected chi connectivity index (χ0v) is 19.6. The van der Waals surface area contributed by atoms with Crippen LogP contribution < -0.4 is 16.4 Å². The number of hydrogen-bond donors (Lipinski definition) is 3. The van der Waals surface area contributed by atoms with Crippen LogP contribution in [0, 0.1) is 6.92 Å². The zero-order valence-electron chi connectivity index (χ0n) is 19.6. The summed E-state index contributed by atoms with van der Waals surface area (Å²) in [5, 5.41) is 5.96. The summed E-state index contributed by atoms with van der Waals surface area (Å²) >= 11 is 0. The van der Waals surface area contributed by atoms with E-state index >= 15 is 0 Å². The molecule has 180 valence electrons. The van der Waals surface area contributed by atoms with Gasteiger partial charge < -0.3 is 21.3 Å². The monoisotopic (exact) mass is 463 g/mol. The topological polar surface area (TPSA) is 108 Å². The van der Waals surface area contributed by atoms with Crippen LogP contribution in [0.1, 0.15) is 36.8 Å². The van der Waals surface area contributed by atoms with Gasteiger partial charge in [0.25, 0.3) is 5.91 Å². The van der Waals surface area contributed by atoms with Gasteiger partial charge in [-0.25, -0.2) is 4.79 Å². The van der Waals surface area contributed by atoms with E-state index in [0.29, 0.717) is 12.2 Å². The fourth-order valence-corrected chi connectivity index (χ4v) is 4.71. The number of amides is 4. The number of nitrogens with one attached hydrogen (secondary N) is 2. The molecule has 1 saturated carbocycles. The quantitative estimate of drug-likeness (QED) is 0.633. The zero-order chi connectivity index (χ0) is 24.1. The van der Waals surface area contributed by atoms with Crippen LogP contribution in [0.4, 0.5) is 10.5 Å². The van der Waals surface area contributed by atoms with Crippen molar-refractivity contribution in [2.24, 2.45) is 5.73 Å². The molecule has 4 amide bonds. The molecule has 1 aliphatic carbocycles. The first-order valence-corrected chi connectivity index (χ1v) is 11.9. The van der Waals surface area contributed by atoms with Crippen LogP contribution in [0.25, 0.3) is 0 Å². The number of benzene rings is 2. The highest BCUT2D eigenvalue weighted by molar-refractivity contribution is 5.96. The molecule has 1 aliphatic heterocycles. The number of aryl methyl sites for hydroxylation is 1. The van der Waals surface area contributed by atoms with E-state index < -0.39 is 12.2 Å². The highest BCUT2D eigenvalue weighted by Gasteiger charge is 2.43. The standard InChI is InChI=1S/C26H33N5O3/c1-18-6-5-9-22(16-18)29-26(34)31-15-14-30(23(32)17-19-7-3-2-4-8-19)25(31)24(33)28-21-12-10-20(27)11-13-21/h2-9,16,20-21,25H,10-15,17,27H2,1H3,(H,28,33)(H,29,34). The number of rotatable bonds is 5. The van der Waals surface area contributed by atoms with Crippen LogP contribution >= 0.6 is 0 Å². The van der Waals surface area contributed by atoms with Gasteiger partial charge in [-0.3, -0.25) is 14.5 Å². The Morgan fingerprint density at radius 3 is 2.35 bits per heavy atom. The number of hydrogen-bond acceptors (Lipinski definition) is 4. The maximum atomic E-state index is 13.4. The number of nitrogens with zero attached hydrogens (tertiary/aromatic N) is 2. The molecule has 0 aromatic heterocycles. The molecule has 4 N–H and O–H groups in total. The number of urea groups is 1. The largest absolute Gasteiger partial charge is 0.350 e. The van der Waals surface area contributed by atoms with Gasteiger partial charge in [-0.15, -0.1) is 0 Å². The van der Waals surface area contributed by atoms with E-state index in [9.17, 15) is 14.4 Å². The fraction of sp³-hybridized carbons (Fsp3) is 0.423. The molecule has 2 aliphatic rings. The maximum Gasteiger partial charge on any atom is 0.323 e. The molecule has 0 spiro atoms. The molecule has 1 atom stereocenters. The summed E-state index contributed by atoms with van der Waals surface area (Å²) in [6.07, 6.45) is 2.49. The highest BCUT2D eigenvalue weighted by Crippen LogP contribution is 2.22. The van der Waals surface area contributed by atoms with Crippen molar-refractivity contribution < 1.29 is 14.4 Å². The van der Waals surface area contributed by atoms with Gasteiger partial charge >= 0.3 is 6.03 Å². The van der Waals surface area contributed by atoms with Crippen molar-refractivity contribution in [1.29, 1.82) is 0 Å². The van der Waals surface area contributed by atoms with Crippen molar-refractivity contribution in [2.45, 2.75) is 57.3 Å². The normalized spacial score (nSPS) is 22.4. The second-order valence-corrected chi connectivity index (χ2v) is 9.24. The fourth-order valence-electron chi connectivity index (χ4n) is 4.71. The smallest absolute Gasteiger partial charge is 0.323 e. The Labute approximate surface area is 200 Å². The summed E-state index contributed by atoms with van der Waals surface area (Å²) in [7, 11) is 0. The average Bonchev–Trinajstić information content (AvgIpc) is 3.27. The van der Waals surface area contributed by atoms with Crippen LogP contribution in [0.2, 0.25) is 0 Å². The Hall–Kier alpha value is -3.39. The lowest BCUT2D eigenvalue weighted by Crippen LogP contribution is -2.57. The van der Waals surface area contributed by atoms with Crippen LogP contribution in [0.3, 0.4) is 0 Å². The van der Waals surface area contributed by atoms with Crippen molar-refractivity contribution in [3.05, 3.63) is 65.7 Å². The molecule has 4 rings (SSSR count). The van der Waals surface area contributed by atoms with E-state index in [2.05, 4.69) is 10.6 Å². The van der Waals surface area contributed by atoms with E-state index in [4.69, 9.17) is 5.73 Å². The Bertz CT molecular complexity index is 1020. The number of carbonyl (C=O) groups is 3. The number of carbonyl (C=O) groups excluding carboxylic acids is 3. The lowest BCUT2D eigenvalue weighted by Gasteiger charge is -2.32. The summed E-state index contributed by atoms with van der Waals surface area (Å²) < 4.78 is 0. The first-order chi connectivity index (χ1) is 16.4. The summed E-state index contributed by atoms with van der Waals surface area (Å²) in [6, 6.07) is 16.7. The molecule has 1 heterocycles. The van der Waals surface area contributed by atoms with Crippen LogP contribution in [-0.2, 0) is 16.0 Å². The molecule has 2 fully saturated rings. The Kier molecular flexibility index (Phi) is 7.47. The lowest BCUT2D eigenvalue weighted by molar-refractivity contribution is -0.141. The minimum atomic E-state index is -0.989. The van der Waals surface area contributed by atoms with Gasteiger partial charge in [0.05, 0.1) is 6.42 Å². The van der Waals surface area contributed by atoms with E-state index in [1.54, 1.807) is 6.07 Å². The highest BCUT2D eigenvalue weighted by atomic mass is 16.2. The van der Waals surface area contributed by atoms with Gasteiger partial charge in [0, 0.05) is 30.9 Å². The Morgan fingerprint density at radius 2 is 1.65 bits per heavy atom. The van der Waals surface area contributed by atoms with E-state index in [1.807, 2.05) is 55.5 Å². The van der Waals surface area contributed by atoms with Gasteiger partial charge in [0.1, 0.15) is 0 Å². The molecular weight excluding hydrogens is 430 g/mol. The molecule has 0 radical (unpaired) electrons. The van der Waals surface area contributed by atoms with Crippen molar-refractivity contribution in [3.8, 4) is 0 Å². The second kappa shape index (κ2) is 10.7. The predicted octanol–water partition coefficient (Wildman–Crippen LogP) is 2.63. The van der Waals surface area contributed by atoms with Crippen molar-refractivity contribution in [2.75, 3.05) is 18.4 Å². The minimum Gasteiger partial charge on any atom is -0.350 e. The average molecular weight is 464 g/mol. The molecule has 2 aromatic carbocycles. The summed E-state index contributed by atoms with van der Waals surface area (Å²) in [5.41, 5.74) is 8.54. The minimum absolute atomic E-state index is 0.000611. The van der Waals surface area contributed by atoms with Gasteiger partial charge in [0.15, 0.2) is 6.17 Å². The SMILES string of the molecule is Cc1cccc(NC(=O)N2CCN(C(=O)Cc3ccccc3)C2C(=O)NC2CCC(N)CC2)c1. The van der Waals surface area contributed by atoms with Crippen LogP contribution in [0.5, 0.6) is 0 Å². The maximum absolute atomic E-state index is 13.4. The first-order valence-electron chi connectivity index (χ1n) is 11.9. The third-order valence-corrected chi connectivity index (χ3v) is 6.57. The van der Waals surface area contributed by atoms with Crippen molar-refractivity contribution >= 4 is 23.5 Å². The van der Waals surface area contributed by atoms with Gasteiger partial charge in [0.2, 0.25) is 5.91 Å². The predicted molar refractivity (Wildman–Crippen MR) is 131 cm³/mol. The molecular formula is C26H33N5O3. The molecule has 1 unspecified atom stereocenters. The molecule has 8 heteroatoms. The lowest BCUT2D eigenvalue weighted by atomic mass is 9.92. The molecule has 8 nitrogen and oxygen atoms in total. The summed E-state index contributed by atoms with van der Waals surface area (Å²) in [4.78, 5) is 42.8. The first kappa shape index (κ1) is 23.8. The second-order valence-electron chi connectivity index (χ2n) is 9.24. The summed E-state index contributed by atoms with van der Waals surface area (Å²) in [6.45, 7) is 2.54. The number of anilines is 1. The third kappa shape index (κ3) is 5.75. The molecule has 0 bridgehead atoms. The van der Waals surface area contributed by atoms with Crippen LogP contribution in [0.15, 0.2) is 54.6 Å². The van der Waals surface area contributed by atoms with Crippen LogP contribution in [-0.4, -0.2) is 59.0 Å².